The van der Waals surface area contributed by atoms with Gasteiger partial charge >= 0.3 is 0 Å². The van der Waals surface area contributed by atoms with Gasteiger partial charge in [-0.2, -0.15) is 5.26 Å². The Kier molecular flexibility index (Phi) is 2.77. The topological polar surface area (TPSA) is 45.9 Å². The number of hydrogen-bond acceptors (Lipinski definition) is 4. The number of rotatable bonds is 2. The lowest BCUT2D eigenvalue weighted by atomic mass is 9.84. The minimum absolute atomic E-state index is 0.0880. The third kappa shape index (κ3) is 2.11. The van der Waals surface area contributed by atoms with Crippen LogP contribution in [-0.4, -0.2) is 18.2 Å². The minimum Gasteiger partial charge on any atom is -0.378 e. The van der Waals surface area contributed by atoms with Crippen LogP contribution in [0.1, 0.15) is 31.5 Å². The summed E-state index contributed by atoms with van der Waals surface area (Å²) in [5.41, 5.74) is 0.887. The van der Waals surface area contributed by atoms with Crippen molar-refractivity contribution in [1.82, 2.24) is 4.98 Å². The van der Waals surface area contributed by atoms with Crippen molar-refractivity contribution in [3.63, 3.8) is 0 Å². The summed E-state index contributed by atoms with van der Waals surface area (Å²) in [6, 6.07) is 2.35. The van der Waals surface area contributed by atoms with Gasteiger partial charge in [0.25, 0.3) is 0 Å². The number of nitriles is 1. The SMILES string of the molecule is CC(C)(C)c1csc(CC2(C#N)COC2)n1. The zero-order valence-electron chi connectivity index (χ0n) is 9.91. The van der Waals surface area contributed by atoms with E-state index in [2.05, 4.69) is 37.2 Å². The van der Waals surface area contributed by atoms with Gasteiger partial charge in [-0.05, 0) is 0 Å². The maximum atomic E-state index is 9.11. The van der Waals surface area contributed by atoms with Crippen LogP contribution < -0.4 is 0 Å². The van der Waals surface area contributed by atoms with E-state index in [0.717, 1.165) is 17.1 Å². The lowest BCUT2D eigenvalue weighted by molar-refractivity contribution is -0.0765. The Hall–Kier alpha value is -0.920. The van der Waals surface area contributed by atoms with Crippen LogP contribution >= 0.6 is 11.3 Å². The van der Waals surface area contributed by atoms with Crippen molar-refractivity contribution in [1.29, 1.82) is 5.26 Å². The van der Waals surface area contributed by atoms with Crippen molar-refractivity contribution in [2.45, 2.75) is 32.6 Å². The van der Waals surface area contributed by atoms with Gasteiger partial charge in [-0.3, -0.25) is 0 Å². The summed E-state index contributed by atoms with van der Waals surface area (Å²) >= 11 is 1.65. The van der Waals surface area contributed by atoms with Crippen LogP contribution in [0, 0.1) is 16.7 Å². The fraction of sp³-hybridized carbons (Fsp3) is 0.667. The van der Waals surface area contributed by atoms with E-state index >= 15 is 0 Å². The fourth-order valence-electron chi connectivity index (χ4n) is 1.58. The summed E-state index contributed by atoms with van der Waals surface area (Å²) in [6.45, 7) is 7.55. The average molecular weight is 236 g/mol. The standard InChI is InChI=1S/C12H16N2OS/c1-11(2,3)9-5-16-10(14-9)4-12(6-13)7-15-8-12/h5H,4,7-8H2,1-3H3. The van der Waals surface area contributed by atoms with Gasteiger partial charge in [-0.25, -0.2) is 4.98 Å². The van der Waals surface area contributed by atoms with E-state index in [1.54, 1.807) is 11.3 Å². The molecule has 0 aromatic carbocycles. The first-order chi connectivity index (χ1) is 7.45. The molecule has 0 radical (unpaired) electrons. The van der Waals surface area contributed by atoms with Crippen LogP contribution in [-0.2, 0) is 16.6 Å². The van der Waals surface area contributed by atoms with Gasteiger partial charge in [-0.1, -0.05) is 20.8 Å². The molecular formula is C12H16N2OS. The van der Waals surface area contributed by atoms with E-state index < -0.39 is 0 Å². The van der Waals surface area contributed by atoms with Gasteiger partial charge in [0.05, 0.1) is 30.0 Å². The molecule has 16 heavy (non-hydrogen) atoms. The van der Waals surface area contributed by atoms with Crippen molar-refractivity contribution in [3.05, 3.63) is 16.1 Å². The van der Waals surface area contributed by atoms with Gasteiger partial charge in [0.2, 0.25) is 0 Å². The second-order valence-corrected chi connectivity index (χ2v) is 6.38. The molecule has 0 amide bonds. The lowest BCUT2D eigenvalue weighted by Gasteiger charge is -2.34. The van der Waals surface area contributed by atoms with Crippen molar-refractivity contribution in [2.75, 3.05) is 13.2 Å². The Morgan fingerprint density at radius 2 is 2.25 bits per heavy atom. The van der Waals surface area contributed by atoms with Gasteiger partial charge in [0.1, 0.15) is 5.41 Å². The zero-order valence-corrected chi connectivity index (χ0v) is 10.7. The molecule has 0 unspecified atom stereocenters. The molecule has 0 atom stereocenters. The lowest BCUT2D eigenvalue weighted by Crippen LogP contribution is -2.43. The Morgan fingerprint density at radius 1 is 1.56 bits per heavy atom. The van der Waals surface area contributed by atoms with E-state index in [0.29, 0.717) is 13.2 Å². The Morgan fingerprint density at radius 3 is 2.62 bits per heavy atom. The summed E-state index contributed by atoms with van der Waals surface area (Å²) in [5.74, 6) is 0. The van der Waals surface area contributed by atoms with Crippen LogP contribution in [0.25, 0.3) is 0 Å². The van der Waals surface area contributed by atoms with Crippen molar-refractivity contribution in [2.24, 2.45) is 5.41 Å². The Bertz CT molecular complexity index is 421. The van der Waals surface area contributed by atoms with E-state index in [9.17, 15) is 0 Å². The predicted octanol–water partition coefficient (Wildman–Crippen LogP) is 2.52. The highest BCUT2D eigenvalue weighted by Gasteiger charge is 2.40. The Balaban J connectivity index is 2.12. The minimum atomic E-state index is -0.312. The summed E-state index contributed by atoms with van der Waals surface area (Å²) in [6.07, 6.45) is 0.726. The molecule has 1 aliphatic rings. The summed E-state index contributed by atoms with van der Waals surface area (Å²) in [7, 11) is 0. The molecule has 2 heterocycles. The average Bonchev–Trinajstić information content (AvgIpc) is 2.58. The number of hydrogen-bond donors (Lipinski definition) is 0. The van der Waals surface area contributed by atoms with E-state index in [1.165, 1.54) is 0 Å². The predicted molar refractivity (Wildman–Crippen MR) is 63.4 cm³/mol. The number of ether oxygens (including phenoxy) is 1. The molecule has 0 bridgehead atoms. The molecule has 1 aromatic rings. The second-order valence-electron chi connectivity index (χ2n) is 5.44. The molecule has 3 nitrogen and oxygen atoms in total. The normalized spacial score (nSPS) is 18.9. The van der Waals surface area contributed by atoms with Gasteiger partial charge in [0, 0.05) is 17.2 Å². The second kappa shape index (κ2) is 3.83. The highest BCUT2D eigenvalue weighted by atomic mass is 32.1. The molecule has 2 rings (SSSR count). The quantitative estimate of drug-likeness (QED) is 0.792. The first kappa shape index (κ1) is 11.6. The highest BCUT2D eigenvalue weighted by molar-refractivity contribution is 7.09. The molecule has 86 valence electrons. The number of thiazole rings is 1. The third-order valence-electron chi connectivity index (χ3n) is 2.80. The maximum Gasteiger partial charge on any atom is 0.110 e. The largest absolute Gasteiger partial charge is 0.378 e. The molecule has 1 saturated heterocycles. The fourth-order valence-corrected chi connectivity index (χ4v) is 2.75. The van der Waals surface area contributed by atoms with Gasteiger partial charge in [0.15, 0.2) is 0 Å². The first-order valence-electron chi connectivity index (χ1n) is 5.39. The number of nitrogens with zero attached hydrogens (tertiary/aromatic N) is 2. The molecule has 1 aromatic heterocycles. The van der Waals surface area contributed by atoms with Crippen LogP contribution in [0.3, 0.4) is 0 Å². The Labute approximate surface area is 100 Å². The molecule has 0 spiro atoms. The highest BCUT2D eigenvalue weighted by Crippen LogP contribution is 2.33. The molecule has 4 heteroatoms. The molecular weight excluding hydrogens is 220 g/mol. The van der Waals surface area contributed by atoms with Crippen molar-refractivity contribution >= 4 is 11.3 Å². The first-order valence-corrected chi connectivity index (χ1v) is 6.27. The molecule has 1 aliphatic heterocycles. The monoisotopic (exact) mass is 236 g/mol. The summed E-state index contributed by atoms with van der Waals surface area (Å²) in [5, 5.41) is 12.3. The molecule has 1 fully saturated rings. The van der Waals surface area contributed by atoms with Crippen LogP contribution in [0.5, 0.6) is 0 Å². The summed E-state index contributed by atoms with van der Waals surface area (Å²) < 4.78 is 5.13. The van der Waals surface area contributed by atoms with Gasteiger partial charge in [-0.15, -0.1) is 11.3 Å². The van der Waals surface area contributed by atoms with Crippen LogP contribution in [0.15, 0.2) is 5.38 Å². The molecule has 0 N–H and O–H groups in total. The summed E-state index contributed by atoms with van der Waals surface area (Å²) in [4.78, 5) is 4.61. The van der Waals surface area contributed by atoms with Crippen LogP contribution in [0.2, 0.25) is 0 Å². The van der Waals surface area contributed by atoms with Crippen molar-refractivity contribution in [3.8, 4) is 6.07 Å². The molecule has 0 aliphatic carbocycles. The zero-order chi connectivity index (χ0) is 11.8. The maximum absolute atomic E-state index is 9.11. The van der Waals surface area contributed by atoms with Crippen LogP contribution in [0.4, 0.5) is 0 Å². The van der Waals surface area contributed by atoms with E-state index in [4.69, 9.17) is 10.00 Å². The van der Waals surface area contributed by atoms with Crippen molar-refractivity contribution < 1.29 is 4.74 Å². The smallest absolute Gasteiger partial charge is 0.110 e. The number of aromatic nitrogens is 1. The van der Waals surface area contributed by atoms with E-state index in [-0.39, 0.29) is 10.8 Å². The third-order valence-corrected chi connectivity index (χ3v) is 3.65. The van der Waals surface area contributed by atoms with E-state index in [1.807, 2.05) is 0 Å². The molecule has 0 saturated carbocycles. The van der Waals surface area contributed by atoms with Gasteiger partial charge < -0.3 is 4.74 Å².